The molecule has 3 rings (SSSR count). The van der Waals surface area contributed by atoms with Gasteiger partial charge in [0.25, 0.3) is 5.69 Å². The zero-order valence-electron chi connectivity index (χ0n) is 18.7. The summed E-state index contributed by atoms with van der Waals surface area (Å²) in [5, 5.41) is 35.3. The lowest BCUT2D eigenvalue weighted by molar-refractivity contribution is -0.384. The molecule has 0 aliphatic carbocycles. The molecule has 9 nitrogen and oxygen atoms in total. The number of aromatic hydroxyl groups is 2. The maximum absolute atomic E-state index is 12.8. The first kappa shape index (κ1) is 24.5. The Balaban J connectivity index is 1.87. The van der Waals surface area contributed by atoms with Crippen LogP contribution in [0.5, 0.6) is 11.5 Å². The van der Waals surface area contributed by atoms with Gasteiger partial charge in [-0.2, -0.15) is 0 Å². The number of nitro groups is 1. The van der Waals surface area contributed by atoms with E-state index < -0.39 is 10.9 Å². The van der Waals surface area contributed by atoms with Gasteiger partial charge < -0.3 is 19.8 Å². The van der Waals surface area contributed by atoms with Crippen molar-refractivity contribution in [1.82, 2.24) is 0 Å². The molecule has 0 spiro atoms. The number of cyclic esters (lactones) is 1. The summed E-state index contributed by atoms with van der Waals surface area (Å²) in [6.45, 7) is 1.85. The van der Waals surface area contributed by atoms with E-state index >= 15 is 0 Å². The maximum Gasteiger partial charge on any atom is 0.342 e. The van der Waals surface area contributed by atoms with Gasteiger partial charge in [-0.1, -0.05) is 23.4 Å². The minimum absolute atomic E-state index is 0.0180. The summed E-state index contributed by atoms with van der Waals surface area (Å²) >= 11 is 0. The third-order valence-electron chi connectivity index (χ3n) is 5.07. The Hall–Kier alpha value is -4.14. The number of phenols is 2. The molecule has 0 saturated heterocycles. The average Bonchev–Trinajstić information content (AvgIpc) is 2.77. The highest BCUT2D eigenvalue weighted by molar-refractivity contribution is 6.00. The van der Waals surface area contributed by atoms with Crippen LogP contribution < -0.4 is 0 Å². The van der Waals surface area contributed by atoms with Gasteiger partial charge in [0.2, 0.25) is 0 Å². The molecular formula is C25H26N2O7. The number of nitrogens with zero attached hydrogens (tertiary/aromatic N) is 2. The number of nitro benzene ring substituents is 1. The van der Waals surface area contributed by atoms with Crippen LogP contribution in [0.25, 0.3) is 0 Å². The predicted molar refractivity (Wildman–Crippen MR) is 126 cm³/mol. The molecule has 9 heteroatoms. The van der Waals surface area contributed by atoms with E-state index in [1.807, 2.05) is 18.2 Å². The number of hydrogen-bond donors (Lipinski definition) is 2. The number of rotatable bonds is 4. The number of hydrogen-bond acceptors (Lipinski definition) is 8. The number of carbonyl (C=O) groups is 1. The Kier molecular flexibility index (Phi) is 8.39. The van der Waals surface area contributed by atoms with Crippen molar-refractivity contribution < 1.29 is 29.5 Å². The third-order valence-corrected chi connectivity index (χ3v) is 5.07. The summed E-state index contributed by atoms with van der Waals surface area (Å²) in [7, 11) is 0. The molecule has 1 aliphatic heterocycles. The van der Waals surface area contributed by atoms with Gasteiger partial charge in [-0.3, -0.25) is 10.1 Å². The molecule has 1 unspecified atom stereocenters. The first-order valence-electron chi connectivity index (χ1n) is 10.8. The number of benzene rings is 2. The highest BCUT2D eigenvalue weighted by atomic mass is 16.6. The Morgan fingerprint density at radius 1 is 1.15 bits per heavy atom. The van der Waals surface area contributed by atoms with Crippen LogP contribution in [0.4, 0.5) is 5.69 Å². The van der Waals surface area contributed by atoms with E-state index in [0.29, 0.717) is 23.3 Å². The van der Waals surface area contributed by atoms with Gasteiger partial charge in [-0.25, -0.2) is 4.79 Å². The molecule has 2 aromatic rings. The van der Waals surface area contributed by atoms with Crippen LogP contribution in [-0.4, -0.2) is 32.9 Å². The van der Waals surface area contributed by atoms with Crippen molar-refractivity contribution in [2.24, 2.45) is 5.16 Å². The number of oxime groups is 1. The molecule has 178 valence electrons. The molecule has 1 atom stereocenters. The van der Waals surface area contributed by atoms with Gasteiger partial charge >= 0.3 is 5.97 Å². The van der Waals surface area contributed by atoms with Crippen LogP contribution in [-0.2, 0) is 22.6 Å². The Labute approximate surface area is 196 Å². The number of fused-ring (bicyclic) bond motifs is 1. The first-order valence-corrected chi connectivity index (χ1v) is 10.8. The lowest BCUT2D eigenvalue weighted by Crippen LogP contribution is -2.17. The van der Waals surface area contributed by atoms with Gasteiger partial charge in [-0.05, 0) is 55.2 Å². The fraction of sp³-hybridized carbons (Fsp3) is 0.280. The summed E-state index contributed by atoms with van der Waals surface area (Å²) < 4.78 is 5.47. The molecule has 34 heavy (non-hydrogen) atoms. The van der Waals surface area contributed by atoms with Crippen molar-refractivity contribution in [2.45, 2.75) is 45.3 Å². The van der Waals surface area contributed by atoms with Gasteiger partial charge in [0.15, 0.2) is 0 Å². The summed E-state index contributed by atoms with van der Waals surface area (Å²) in [5.41, 5.74) is 1.43. The molecule has 0 aromatic heterocycles. The lowest BCUT2D eigenvalue weighted by Gasteiger charge is -2.16. The van der Waals surface area contributed by atoms with Crippen molar-refractivity contribution in [3.63, 3.8) is 0 Å². The monoisotopic (exact) mass is 466 g/mol. The minimum atomic E-state index is -0.694. The molecule has 0 radical (unpaired) electrons. The van der Waals surface area contributed by atoms with E-state index in [1.54, 1.807) is 25.1 Å². The zero-order chi connectivity index (χ0) is 24.5. The second-order valence-corrected chi connectivity index (χ2v) is 7.86. The predicted octanol–water partition coefficient (Wildman–Crippen LogP) is 4.96. The minimum Gasteiger partial charge on any atom is -0.508 e. The standard InChI is InChI=1S/C25H26N2O7/c1-17-7-5-3-2-4-6-8-20(26-33-16-18-9-11-21(12-10-18)27(31)32)13-19-14-22(28)15-23(29)24(19)25(30)34-17/h3,5-6,8-12,14-15,17,28-29H,2,4,7,13,16H2,1H3. The maximum atomic E-state index is 12.8. The van der Waals surface area contributed by atoms with Crippen molar-refractivity contribution in [3.05, 3.63) is 87.5 Å². The van der Waals surface area contributed by atoms with Gasteiger partial charge in [0.1, 0.15) is 29.8 Å². The van der Waals surface area contributed by atoms with Crippen LogP contribution in [0.1, 0.15) is 47.7 Å². The van der Waals surface area contributed by atoms with E-state index in [-0.39, 0.29) is 41.9 Å². The number of phenolic OH excluding ortho intramolecular Hbond substituents is 2. The van der Waals surface area contributed by atoms with Crippen molar-refractivity contribution in [1.29, 1.82) is 0 Å². The largest absolute Gasteiger partial charge is 0.508 e. The molecule has 0 saturated carbocycles. The second kappa shape index (κ2) is 11.6. The van der Waals surface area contributed by atoms with Crippen LogP contribution in [0.3, 0.4) is 0 Å². The van der Waals surface area contributed by atoms with Gasteiger partial charge in [-0.15, -0.1) is 0 Å². The Morgan fingerprint density at radius 3 is 2.62 bits per heavy atom. The molecule has 1 heterocycles. The normalized spacial score (nSPS) is 18.1. The van der Waals surface area contributed by atoms with Gasteiger partial charge in [0, 0.05) is 31.0 Å². The number of ether oxygens (including phenoxy) is 1. The summed E-state index contributed by atoms with van der Waals surface area (Å²) in [6.07, 6.45) is 9.43. The fourth-order valence-electron chi connectivity index (χ4n) is 3.37. The second-order valence-electron chi connectivity index (χ2n) is 7.86. The van der Waals surface area contributed by atoms with E-state index in [2.05, 4.69) is 5.16 Å². The fourth-order valence-corrected chi connectivity index (χ4v) is 3.37. The third kappa shape index (κ3) is 6.93. The molecule has 0 bridgehead atoms. The van der Waals surface area contributed by atoms with Crippen molar-refractivity contribution in [2.75, 3.05) is 0 Å². The topological polar surface area (TPSA) is 131 Å². The Morgan fingerprint density at radius 2 is 1.88 bits per heavy atom. The zero-order valence-corrected chi connectivity index (χ0v) is 18.7. The molecule has 1 aliphatic rings. The van der Waals surface area contributed by atoms with Crippen molar-refractivity contribution >= 4 is 17.4 Å². The van der Waals surface area contributed by atoms with E-state index in [9.17, 15) is 25.1 Å². The van der Waals surface area contributed by atoms with Crippen LogP contribution >= 0.6 is 0 Å². The van der Waals surface area contributed by atoms with Gasteiger partial charge in [0.05, 0.1) is 10.6 Å². The van der Waals surface area contributed by atoms with Crippen LogP contribution in [0.2, 0.25) is 0 Å². The van der Waals surface area contributed by atoms with E-state index in [4.69, 9.17) is 9.57 Å². The highest BCUT2D eigenvalue weighted by Gasteiger charge is 2.22. The molecule has 0 fully saturated rings. The van der Waals surface area contributed by atoms with E-state index in [1.165, 1.54) is 18.2 Å². The average molecular weight is 466 g/mol. The van der Waals surface area contributed by atoms with Crippen molar-refractivity contribution in [3.8, 4) is 11.5 Å². The summed E-state index contributed by atoms with van der Waals surface area (Å²) in [6, 6.07) is 8.40. The smallest absolute Gasteiger partial charge is 0.342 e. The van der Waals surface area contributed by atoms with E-state index in [0.717, 1.165) is 18.9 Å². The molecule has 0 amide bonds. The summed E-state index contributed by atoms with van der Waals surface area (Å²) in [5.74, 6) is -1.28. The lowest BCUT2D eigenvalue weighted by atomic mass is 9.99. The number of carbonyl (C=O) groups excluding carboxylic acids is 1. The molecular weight excluding hydrogens is 440 g/mol. The quantitative estimate of drug-likeness (QED) is 0.282. The molecule has 2 N–H and O–H groups in total. The molecule has 2 aromatic carbocycles. The van der Waals surface area contributed by atoms with Crippen LogP contribution in [0, 0.1) is 10.1 Å². The SMILES string of the molecule is CC1CC=CCCC=CC(=NOCc2ccc([N+](=O)[O-])cc2)Cc2cc(O)cc(O)c2C(=O)O1. The number of esters is 1. The summed E-state index contributed by atoms with van der Waals surface area (Å²) in [4.78, 5) is 28.5. The highest BCUT2D eigenvalue weighted by Crippen LogP contribution is 2.29. The number of allylic oxidation sites excluding steroid dienone is 3. The van der Waals surface area contributed by atoms with Crippen LogP contribution in [0.15, 0.2) is 65.9 Å². The Bertz CT molecular complexity index is 1120. The first-order chi connectivity index (χ1) is 16.3. The number of non-ortho nitro benzene ring substituents is 1.